The van der Waals surface area contributed by atoms with Gasteiger partial charge < -0.3 is 30.9 Å². The molecule has 2 aliphatic heterocycles. The lowest BCUT2D eigenvalue weighted by Crippen LogP contribution is -2.42. The van der Waals surface area contributed by atoms with Crippen LogP contribution in [0.5, 0.6) is 0 Å². The van der Waals surface area contributed by atoms with Crippen LogP contribution in [0.15, 0.2) is 47.5 Å². The van der Waals surface area contributed by atoms with Gasteiger partial charge in [-0.25, -0.2) is 0 Å². The van der Waals surface area contributed by atoms with Crippen LogP contribution < -0.4 is 16.4 Å². The predicted molar refractivity (Wildman–Crippen MR) is 149 cm³/mol. The molecule has 0 aromatic rings. The van der Waals surface area contributed by atoms with Crippen LogP contribution >= 0.6 is 0 Å². The Morgan fingerprint density at radius 2 is 2.08 bits per heavy atom. The molecule has 0 radical (unpaired) electrons. The van der Waals surface area contributed by atoms with E-state index in [2.05, 4.69) is 53.0 Å². The van der Waals surface area contributed by atoms with Crippen LogP contribution in [0.25, 0.3) is 0 Å². The number of nitrogens with zero attached hydrogens (tertiary/aromatic N) is 2. The van der Waals surface area contributed by atoms with E-state index in [0.717, 1.165) is 44.7 Å². The molecule has 2 aliphatic carbocycles. The van der Waals surface area contributed by atoms with Crippen LogP contribution in [-0.4, -0.2) is 74.0 Å². The van der Waals surface area contributed by atoms with Crippen LogP contribution in [-0.2, 0) is 14.3 Å². The number of methoxy groups -OCH3 is 1. The molecule has 38 heavy (non-hydrogen) atoms. The van der Waals surface area contributed by atoms with Crippen molar-refractivity contribution in [3.8, 4) is 11.8 Å². The van der Waals surface area contributed by atoms with Crippen LogP contribution in [0.4, 0.5) is 0 Å². The van der Waals surface area contributed by atoms with E-state index in [9.17, 15) is 9.59 Å². The molecule has 0 bridgehead atoms. The lowest BCUT2D eigenvalue weighted by Gasteiger charge is -2.23. The van der Waals surface area contributed by atoms with Crippen molar-refractivity contribution in [1.29, 1.82) is 0 Å². The maximum absolute atomic E-state index is 12.6. The molecule has 2 saturated heterocycles. The number of primary amides is 1. The Balaban J connectivity index is 1.49. The molecule has 2 heterocycles. The van der Waals surface area contributed by atoms with Gasteiger partial charge in [-0.05, 0) is 68.8 Å². The Labute approximate surface area is 227 Å². The average Bonchev–Trinajstić information content (AvgIpc) is 3.30. The number of fused-ring (bicyclic) bond motifs is 1. The molecule has 4 N–H and O–H groups in total. The zero-order valence-electron chi connectivity index (χ0n) is 22.9. The van der Waals surface area contributed by atoms with E-state index >= 15 is 0 Å². The second-order valence-corrected chi connectivity index (χ2v) is 10.7. The van der Waals surface area contributed by atoms with E-state index in [4.69, 9.17) is 10.5 Å². The number of rotatable bonds is 11. The minimum absolute atomic E-state index is 0.0261. The van der Waals surface area contributed by atoms with Gasteiger partial charge >= 0.3 is 0 Å². The van der Waals surface area contributed by atoms with Crippen molar-refractivity contribution >= 4 is 11.8 Å². The number of amides is 2. The molecule has 8 heteroatoms. The van der Waals surface area contributed by atoms with Crippen molar-refractivity contribution in [1.82, 2.24) is 20.4 Å². The molecule has 8 nitrogen and oxygen atoms in total. The van der Waals surface area contributed by atoms with Gasteiger partial charge in [0.15, 0.2) is 0 Å². The maximum Gasteiger partial charge on any atom is 0.249 e. The van der Waals surface area contributed by atoms with Gasteiger partial charge in [0.2, 0.25) is 11.8 Å². The molecular weight excluding hydrogens is 478 g/mol. The highest BCUT2D eigenvalue weighted by atomic mass is 16.5. The molecule has 3 fully saturated rings. The van der Waals surface area contributed by atoms with Crippen molar-refractivity contribution in [3.63, 3.8) is 0 Å². The number of hydrogen-bond acceptors (Lipinski definition) is 6. The first-order valence-electron chi connectivity index (χ1n) is 14.0. The summed E-state index contributed by atoms with van der Waals surface area (Å²) in [7, 11) is 1.74. The molecule has 4 aliphatic rings. The van der Waals surface area contributed by atoms with E-state index in [1.54, 1.807) is 12.0 Å². The number of allylic oxidation sites excluding steroid dienone is 4. The normalized spacial score (nSPS) is 27.1. The predicted octanol–water partition coefficient (Wildman–Crippen LogP) is 2.27. The second-order valence-electron chi connectivity index (χ2n) is 10.7. The van der Waals surface area contributed by atoms with Crippen molar-refractivity contribution < 1.29 is 14.3 Å². The first-order chi connectivity index (χ1) is 18.4. The number of likely N-dealkylation sites (tertiary alicyclic amines) is 2. The van der Waals surface area contributed by atoms with E-state index < -0.39 is 5.91 Å². The van der Waals surface area contributed by atoms with E-state index in [1.165, 1.54) is 24.5 Å². The van der Waals surface area contributed by atoms with Crippen molar-refractivity contribution in [2.45, 2.75) is 51.5 Å². The smallest absolute Gasteiger partial charge is 0.249 e. The summed E-state index contributed by atoms with van der Waals surface area (Å²) >= 11 is 0. The Kier molecular flexibility index (Phi) is 9.57. The summed E-state index contributed by atoms with van der Waals surface area (Å²) in [6.45, 7) is 10.8. The molecule has 3 unspecified atom stereocenters. The number of nitrogens with two attached hydrogens (primary N) is 1. The van der Waals surface area contributed by atoms with Crippen molar-refractivity contribution in [2.75, 3.05) is 46.4 Å². The highest BCUT2D eigenvalue weighted by molar-refractivity contribution is 5.93. The lowest BCUT2D eigenvalue weighted by atomic mass is 9.99. The number of ether oxygens (including phenoxy) is 1. The lowest BCUT2D eigenvalue weighted by molar-refractivity contribution is -0.125. The number of carbonyl (C=O) groups excluding carboxylic acids is 2. The quantitative estimate of drug-likeness (QED) is 0.285. The monoisotopic (exact) mass is 521 g/mol. The highest BCUT2D eigenvalue weighted by Gasteiger charge is 2.46. The van der Waals surface area contributed by atoms with Gasteiger partial charge in [0.25, 0.3) is 0 Å². The van der Waals surface area contributed by atoms with Crippen molar-refractivity contribution in [3.05, 3.63) is 47.5 Å². The molecule has 0 spiro atoms. The summed E-state index contributed by atoms with van der Waals surface area (Å²) in [6, 6.07) is 0.0261. The average molecular weight is 522 g/mol. The maximum atomic E-state index is 12.6. The first-order valence-corrected chi connectivity index (χ1v) is 14.0. The van der Waals surface area contributed by atoms with Crippen LogP contribution in [0.2, 0.25) is 0 Å². The summed E-state index contributed by atoms with van der Waals surface area (Å²) in [4.78, 5) is 28.9. The molecule has 206 valence electrons. The number of carbonyl (C=O) groups is 2. The fraction of sp³-hybridized carbons (Fsp3) is 0.600. The van der Waals surface area contributed by atoms with Gasteiger partial charge in [-0.1, -0.05) is 31.4 Å². The van der Waals surface area contributed by atoms with E-state index in [1.807, 2.05) is 0 Å². The third kappa shape index (κ3) is 7.02. The van der Waals surface area contributed by atoms with Gasteiger partial charge in [0, 0.05) is 50.5 Å². The van der Waals surface area contributed by atoms with Gasteiger partial charge in [0.05, 0.1) is 18.4 Å². The topological polar surface area (TPSA) is 99.9 Å². The van der Waals surface area contributed by atoms with Gasteiger partial charge in [-0.15, -0.1) is 0 Å². The molecule has 4 atom stereocenters. The van der Waals surface area contributed by atoms with Gasteiger partial charge in [-0.3, -0.25) is 9.59 Å². The molecular formula is C30H43N5O3. The Bertz CT molecular complexity index is 1060. The largest absolute Gasteiger partial charge is 0.501 e. The van der Waals surface area contributed by atoms with Crippen LogP contribution in [0.1, 0.15) is 45.4 Å². The minimum atomic E-state index is -0.481. The summed E-state index contributed by atoms with van der Waals surface area (Å²) in [5.41, 5.74) is 7.60. The van der Waals surface area contributed by atoms with E-state index in [0.29, 0.717) is 42.9 Å². The minimum Gasteiger partial charge on any atom is -0.501 e. The molecule has 2 amide bonds. The summed E-state index contributed by atoms with van der Waals surface area (Å²) in [6.07, 6.45) is 11.3. The molecule has 0 aromatic carbocycles. The number of nitrogens with one attached hydrogen (secondary N) is 2. The standard InChI is InChI=1S/C30H43N5O3/c1-4-21-17-22(25-19-26(25)27(18-21)38-3)9-8-10-24(29(31)37)30(32-12-16-34-13-6-7-14-34)33-23-11-15-35(20-23)28(36)5-2/h5,17-18,22-23,25-26,32-33H,2,4,6-7,10-16,19-20H2,1,3H3,(H2,31,37)/b30-24+/t22?,23-,25?,26?/m0/s1. The van der Waals surface area contributed by atoms with E-state index in [-0.39, 0.29) is 24.3 Å². The molecule has 4 rings (SSSR count). The Morgan fingerprint density at radius 3 is 2.76 bits per heavy atom. The van der Waals surface area contributed by atoms with Crippen molar-refractivity contribution in [2.24, 2.45) is 23.5 Å². The summed E-state index contributed by atoms with van der Waals surface area (Å²) in [5.74, 6) is 8.90. The summed E-state index contributed by atoms with van der Waals surface area (Å²) in [5, 5.41) is 6.95. The SMILES string of the molecule is C=CC(=O)N1CC[C@H](N/C(NCCN2CCCC2)=C(\CC#CC2C=C(CC)C=C(OC)C3CC23)C(N)=O)C1. The Hall–Kier alpha value is -3.18. The van der Waals surface area contributed by atoms with Crippen LogP contribution in [0.3, 0.4) is 0 Å². The van der Waals surface area contributed by atoms with Gasteiger partial charge in [-0.2, -0.15) is 0 Å². The second kappa shape index (κ2) is 13.1. The molecule has 1 saturated carbocycles. The Morgan fingerprint density at radius 1 is 1.29 bits per heavy atom. The third-order valence-corrected chi connectivity index (χ3v) is 8.12. The van der Waals surface area contributed by atoms with Gasteiger partial charge in [0.1, 0.15) is 5.82 Å². The third-order valence-electron chi connectivity index (χ3n) is 8.12. The zero-order valence-corrected chi connectivity index (χ0v) is 22.9. The summed E-state index contributed by atoms with van der Waals surface area (Å²) < 4.78 is 5.63. The fourth-order valence-corrected chi connectivity index (χ4v) is 5.77. The first kappa shape index (κ1) is 27.8. The molecule has 0 aromatic heterocycles. The van der Waals surface area contributed by atoms with Crippen LogP contribution in [0, 0.1) is 29.6 Å². The number of hydrogen-bond donors (Lipinski definition) is 3. The highest BCUT2D eigenvalue weighted by Crippen LogP contribution is 2.51. The zero-order chi connectivity index (χ0) is 27.1. The fourth-order valence-electron chi connectivity index (χ4n) is 5.77.